The molecule has 2 N–H and O–H groups in total. The first-order valence-electron chi connectivity index (χ1n) is 6.47. The van der Waals surface area contributed by atoms with E-state index in [4.69, 9.17) is 0 Å². The summed E-state index contributed by atoms with van der Waals surface area (Å²) in [5, 5.41) is 13.2. The molecule has 2 atom stereocenters. The minimum absolute atomic E-state index is 0.0269. The van der Waals surface area contributed by atoms with Gasteiger partial charge >= 0.3 is 0 Å². The van der Waals surface area contributed by atoms with Crippen molar-refractivity contribution in [3.05, 3.63) is 35.6 Å². The predicted octanol–water partition coefficient (Wildman–Crippen LogP) is 2.26. The molecule has 2 unspecified atom stereocenters. The molecule has 1 amide bonds. The monoisotopic (exact) mass is 283 g/mol. The Labute approximate surface area is 116 Å². The highest BCUT2D eigenvalue weighted by Gasteiger charge is 2.18. The van der Waals surface area contributed by atoms with Crippen molar-refractivity contribution >= 4 is 17.7 Å². The number of aliphatic hydroxyl groups excluding tert-OH is 1. The van der Waals surface area contributed by atoms with Crippen LogP contribution >= 0.6 is 11.8 Å². The van der Waals surface area contributed by atoms with Crippen LogP contribution in [0.4, 0.5) is 4.39 Å². The van der Waals surface area contributed by atoms with Gasteiger partial charge in [0.15, 0.2) is 0 Å². The van der Waals surface area contributed by atoms with Gasteiger partial charge in [-0.25, -0.2) is 4.39 Å². The van der Waals surface area contributed by atoms with E-state index in [1.807, 2.05) is 11.8 Å². The predicted molar refractivity (Wildman–Crippen MR) is 74.5 cm³/mol. The average Bonchev–Trinajstić information content (AvgIpc) is 2.89. The van der Waals surface area contributed by atoms with Crippen molar-refractivity contribution in [1.29, 1.82) is 0 Å². The van der Waals surface area contributed by atoms with Gasteiger partial charge in [0, 0.05) is 11.8 Å². The SMILES string of the molecule is O=C(CC(O)c1cccc(F)c1)NCC1CCCS1. The summed E-state index contributed by atoms with van der Waals surface area (Å²) >= 11 is 1.87. The van der Waals surface area contributed by atoms with Gasteiger partial charge in [-0.05, 0) is 36.3 Å². The molecular formula is C14H18FNO2S. The van der Waals surface area contributed by atoms with Gasteiger partial charge in [0.05, 0.1) is 12.5 Å². The molecule has 1 saturated heterocycles. The Bertz CT molecular complexity index is 435. The van der Waals surface area contributed by atoms with Crippen LogP contribution in [0, 0.1) is 5.82 Å². The van der Waals surface area contributed by atoms with E-state index in [2.05, 4.69) is 5.32 Å². The summed E-state index contributed by atoms with van der Waals surface area (Å²) in [4.78, 5) is 11.7. The second-order valence-electron chi connectivity index (χ2n) is 4.71. The van der Waals surface area contributed by atoms with Crippen LogP contribution in [-0.2, 0) is 4.79 Å². The number of hydrogen-bond donors (Lipinski definition) is 2. The van der Waals surface area contributed by atoms with Gasteiger partial charge in [-0.1, -0.05) is 12.1 Å². The third-order valence-electron chi connectivity index (χ3n) is 3.16. The fourth-order valence-corrected chi connectivity index (χ4v) is 3.31. The van der Waals surface area contributed by atoms with Crippen molar-refractivity contribution in [2.75, 3.05) is 12.3 Å². The van der Waals surface area contributed by atoms with E-state index in [0.29, 0.717) is 17.4 Å². The summed E-state index contributed by atoms with van der Waals surface area (Å²) in [6, 6.07) is 5.72. The highest BCUT2D eigenvalue weighted by Crippen LogP contribution is 2.25. The Kier molecular flexibility index (Phi) is 5.22. The Balaban J connectivity index is 1.77. The largest absolute Gasteiger partial charge is 0.388 e. The fourth-order valence-electron chi connectivity index (χ4n) is 2.11. The van der Waals surface area contributed by atoms with Gasteiger partial charge in [-0.3, -0.25) is 4.79 Å². The molecule has 0 aliphatic carbocycles. The lowest BCUT2D eigenvalue weighted by Crippen LogP contribution is -2.30. The molecule has 1 aromatic carbocycles. The fraction of sp³-hybridized carbons (Fsp3) is 0.500. The number of thioether (sulfide) groups is 1. The van der Waals surface area contributed by atoms with E-state index in [0.717, 1.165) is 12.2 Å². The molecule has 0 bridgehead atoms. The molecule has 1 fully saturated rings. The van der Waals surface area contributed by atoms with Crippen molar-refractivity contribution in [2.24, 2.45) is 0 Å². The highest BCUT2D eigenvalue weighted by atomic mass is 32.2. The topological polar surface area (TPSA) is 49.3 Å². The summed E-state index contributed by atoms with van der Waals surface area (Å²) in [5.74, 6) is 0.565. The molecule has 104 valence electrons. The average molecular weight is 283 g/mol. The number of halogens is 1. The van der Waals surface area contributed by atoms with Crippen LogP contribution in [0.5, 0.6) is 0 Å². The van der Waals surface area contributed by atoms with Crippen LogP contribution in [-0.4, -0.2) is 28.6 Å². The summed E-state index contributed by atoms with van der Waals surface area (Å²) in [7, 11) is 0. The lowest BCUT2D eigenvalue weighted by Gasteiger charge is -2.13. The Morgan fingerprint density at radius 3 is 3.11 bits per heavy atom. The molecular weight excluding hydrogens is 265 g/mol. The Hall–Kier alpha value is -1.07. The van der Waals surface area contributed by atoms with Crippen molar-refractivity contribution in [1.82, 2.24) is 5.32 Å². The summed E-state index contributed by atoms with van der Waals surface area (Å²) < 4.78 is 13.0. The van der Waals surface area contributed by atoms with Gasteiger partial charge in [0.25, 0.3) is 0 Å². The number of benzene rings is 1. The van der Waals surface area contributed by atoms with E-state index in [9.17, 15) is 14.3 Å². The first kappa shape index (κ1) is 14.3. The number of amides is 1. The van der Waals surface area contributed by atoms with E-state index in [-0.39, 0.29) is 12.3 Å². The molecule has 0 radical (unpaired) electrons. The highest BCUT2D eigenvalue weighted by molar-refractivity contribution is 8.00. The number of nitrogens with one attached hydrogen (secondary N) is 1. The molecule has 0 aromatic heterocycles. The zero-order valence-corrected chi connectivity index (χ0v) is 11.5. The van der Waals surface area contributed by atoms with Crippen LogP contribution in [0.25, 0.3) is 0 Å². The number of aliphatic hydroxyl groups is 1. The maximum Gasteiger partial charge on any atom is 0.222 e. The van der Waals surface area contributed by atoms with Crippen LogP contribution in [0.1, 0.15) is 30.9 Å². The van der Waals surface area contributed by atoms with E-state index >= 15 is 0 Å². The van der Waals surface area contributed by atoms with Crippen LogP contribution in [0.15, 0.2) is 24.3 Å². The number of carbonyl (C=O) groups is 1. The normalized spacial score (nSPS) is 20.2. The zero-order chi connectivity index (χ0) is 13.7. The van der Waals surface area contributed by atoms with E-state index in [1.54, 1.807) is 6.07 Å². The van der Waals surface area contributed by atoms with Crippen LogP contribution in [0.2, 0.25) is 0 Å². The summed E-state index contributed by atoms with van der Waals surface area (Å²) in [6.45, 7) is 0.652. The lowest BCUT2D eigenvalue weighted by molar-refractivity contribution is -0.123. The van der Waals surface area contributed by atoms with Crippen molar-refractivity contribution in [3.63, 3.8) is 0 Å². The number of carbonyl (C=O) groups excluding carboxylic acids is 1. The molecule has 19 heavy (non-hydrogen) atoms. The molecule has 2 rings (SSSR count). The van der Waals surface area contributed by atoms with E-state index in [1.165, 1.54) is 24.6 Å². The second kappa shape index (κ2) is 6.91. The standard InChI is InChI=1S/C14H18FNO2S/c15-11-4-1-3-10(7-11)13(17)8-14(18)16-9-12-5-2-6-19-12/h1,3-4,7,12-13,17H,2,5-6,8-9H2,(H,16,18). The first-order valence-corrected chi connectivity index (χ1v) is 7.52. The second-order valence-corrected chi connectivity index (χ2v) is 6.12. The molecule has 1 heterocycles. The Morgan fingerprint density at radius 2 is 2.42 bits per heavy atom. The zero-order valence-electron chi connectivity index (χ0n) is 10.6. The third kappa shape index (κ3) is 4.51. The van der Waals surface area contributed by atoms with Gasteiger partial charge in [0.1, 0.15) is 5.82 Å². The smallest absolute Gasteiger partial charge is 0.222 e. The van der Waals surface area contributed by atoms with Gasteiger partial charge in [0.2, 0.25) is 5.91 Å². The van der Waals surface area contributed by atoms with Gasteiger partial charge in [-0.15, -0.1) is 0 Å². The van der Waals surface area contributed by atoms with Crippen molar-refractivity contribution in [2.45, 2.75) is 30.6 Å². The molecule has 0 spiro atoms. The molecule has 0 saturated carbocycles. The summed E-state index contributed by atoms with van der Waals surface area (Å²) in [5.41, 5.74) is 0.436. The molecule has 1 aliphatic heterocycles. The van der Waals surface area contributed by atoms with Gasteiger partial charge < -0.3 is 10.4 Å². The minimum Gasteiger partial charge on any atom is -0.388 e. The summed E-state index contributed by atoms with van der Waals surface area (Å²) in [6.07, 6.45) is 1.36. The van der Waals surface area contributed by atoms with Gasteiger partial charge in [-0.2, -0.15) is 11.8 Å². The molecule has 3 nitrogen and oxygen atoms in total. The minimum atomic E-state index is -0.952. The maximum atomic E-state index is 13.0. The number of rotatable bonds is 5. The van der Waals surface area contributed by atoms with E-state index < -0.39 is 11.9 Å². The molecule has 1 aliphatic rings. The van der Waals surface area contributed by atoms with Crippen LogP contribution in [0.3, 0.4) is 0 Å². The maximum absolute atomic E-state index is 13.0. The molecule has 5 heteroatoms. The Morgan fingerprint density at radius 1 is 1.58 bits per heavy atom. The quantitative estimate of drug-likeness (QED) is 0.871. The van der Waals surface area contributed by atoms with Crippen molar-refractivity contribution in [3.8, 4) is 0 Å². The third-order valence-corrected chi connectivity index (χ3v) is 4.56. The first-order chi connectivity index (χ1) is 9.15. The number of hydrogen-bond acceptors (Lipinski definition) is 3. The van der Waals surface area contributed by atoms with Crippen LogP contribution < -0.4 is 5.32 Å². The molecule has 1 aromatic rings. The van der Waals surface area contributed by atoms with Crippen molar-refractivity contribution < 1.29 is 14.3 Å². The lowest BCUT2D eigenvalue weighted by atomic mass is 10.1.